The monoisotopic (exact) mass is 315 g/mol. The molecule has 0 aromatic heterocycles. The van der Waals surface area contributed by atoms with Gasteiger partial charge in [0.15, 0.2) is 0 Å². The highest BCUT2D eigenvalue weighted by atomic mass is 32.2. The minimum atomic E-state index is -3.81. The number of rotatable bonds is 4. The van der Waals surface area contributed by atoms with Gasteiger partial charge in [0.1, 0.15) is 10.7 Å². The summed E-state index contributed by atoms with van der Waals surface area (Å²) in [7, 11) is -0.251. The first-order valence-corrected chi connectivity index (χ1v) is 8.44. The van der Waals surface area contributed by atoms with Gasteiger partial charge in [-0.15, -0.1) is 0 Å². The number of likely N-dealkylation sites (tertiary alicyclic amines) is 1. The van der Waals surface area contributed by atoms with Crippen LogP contribution in [0.2, 0.25) is 0 Å². The van der Waals surface area contributed by atoms with Gasteiger partial charge in [0.05, 0.1) is 0 Å². The normalized spacial score (nSPS) is 18.3. The zero-order valence-corrected chi connectivity index (χ0v) is 13.2. The van der Waals surface area contributed by atoms with E-state index in [-0.39, 0.29) is 10.6 Å². The van der Waals surface area contributed by atoms with Gasteiger partial charge in [-0.05, 0) is 57.1 Å². The Morgan fingerprint density at radius 3 is 2.57 bits per heavy atom. The van der Waals surface area contributed by atoms with Gasteiger partial charge in [-0.25, -0.2) is 17.1 Å². The summed E-state index contributed by atoms with van der Waals surface area (Å²) >= 11 is 0. The van der Waals surface area contributed by atoms with Gasteiger partial charge >= 0.3 is 0 Å². The molecule has 1 aromatic rings. The molecule has 1 aromatic carbocycles. The number of nitrogens with zero attached hydrogens (tertiary/aromatic N) is 2. The molecular formula is C14H22FN3O2S. The Labute approximate surface area is 125 Å². The molecule has 0 spiro atoms. The average molecular weight is 315 g/mol. The van der Waals surface area contributed by atoms with Crippen molar-refractivity contribution in [3.8, 4) is 0 Å². The predicted molar refractivity (Wildman–Crippen MR) is 80.8 cm³/mol. The molecule has 21 heavy (non-hydrogen) atoms. The van der Waals surface area contributed by atoms with Crippen LogP contribution >= 0.6 is 0 Å². The van der Waals surface area contributed by atoms with Crippen LogP contribution in [0.25, 0.3) is 0 Å². The molecule has 0 bridgehead atoms. The molecule has 0 atom stereocenters. The van der Waals surface area contributed by atoms with Gasteiger partial charge < -0.3 is 10.6 Å². The van der Waals surface area contributed by atoms with E-state index in [1.807, 2.05) is 0 Å². The van der Waals surface area contributed by atoms with E-state index in [4.69, 9.17) is 5.73 Å². The van der Waals surface area contributed by atoms with E-state index < -0.39 is 15.8 Å². The zero-order valence-electron chi connectivity index (χ0n) is 12.4. The second-order valence-corrected chi connectivity index (χ2v) is 7.74. The lowest BCUT2D eigenvalue weighted by Gasteiger charge is -2.31. The molecule has 118 valence electrons. The molecule has 2 rings (SSSR count). The Balaban J connectivity index is 2.11. The molecule has 1 fully saturated rings. The number of hydrogen-bond donors (Lipinski definition) is 1. The molecule has 2 N–H and O–H groups in total. The topological polar surface area (TPSA) is 66.6 Å². The fourth-order valence-corrected chi connectivity index (χ4v) is 3.89. The number of hydrogen-bond acceptors (Lipinski definition) is 4. The van der Waals surface area contributed by atoms with Crippen LogP contribution < -0.4 is 5.73 Å². The average Bonchev–Trinajstić information content (AvgIpc) is 2.40. The second-order valence-electron chi connectivity index (χ2n) is 5.72. The fraction of sp³-hybridized carbons (Fsp3) is 0.571. The Kier molecular flexibility index (Phi) is 4.85. The van der Waals surface area contributed by atoms with Crippen molar-refractivity contribution >= 4 is 15.7 Å². The number of anilines is 1. The Morgan fingerprint density at radius 2 is 2.00 bits per heavy atom. The summed E-state index contributed by atoms with van der Waals surface area (Å²) in [6, 6.07) is 3.67. The Hall–Kier alpha value is -1.18. The van der Waals surface area contributed by atoms with Gasteiger partial charge in [0.2, 0.25) is 10.0 Å². The van der Waals surface area contributed by atoms with Crippen LogP contribution in [0.4, 0.5) is 10.1 Å². The van der Waals surface area contributed by atoms with Crippen LogP contribution in [0, 0.1) is 11.7 Å². The van der Waals surface area contributed by atoms with E-state index in [0.717, 1.165) is 32.0 Å². The molecule has 1 aliphatic heterocycles. The van der Waals surface area contributed by atoms with E-state index in [1.165, 1.54) is 23.5 Å². The lowest BCUT2D eigenvalue weighted by Crippen LogP contribution is -2.38. The Bertz CT molecular complexity index is 598. The molecule has 7 heteroatoms. The molecule has 1 heterocycles. The summed E-state index contributed by atoms with van der Waals surface area (Å²) in [6.45, 7) is 2.35. The van der Waals surface area contributed by atoms with Gasteiger partial charge in [-0.2, -0.15) is 0 Å². The lowest BCUT2D eigenvalue weighted by molar-refractivity contribution is 0.202. The highest BCUT2D eigenvalue weighted by Gasteiger charge is 2.27. The fourth-order valence-electron chi connectivity index (χ4n) is 2.60. The van der Waals surface area contributed by atoms with Crippen molar-refractivity contribution in [3.63, 3.8) is 0 Å². The molecule has 0 aliphatic carbocycles. The van der Waals surface area contributed by atoms with E-state index in [1.54, 1.807) is 0 Å². The summed E-state index contributed by atoms with van der Waals surface area (Å²) in [5, 5.41) is 0. The summed E-state index contributed by atoms with van der Waals surface area (Å²) in [4.78, 5) is 1.91. The molecule has 1 aliphatic rings. The molecular weight excluding hydrogens is 293 g/mol. The third-order valence-corrected chi connectivity index (χ3v) is 5.85. The van der Waals surface area contributed by atoms with Crippen LogP contribution in [0.5, 0.6) is 0 Å². The SMILES string of the molecule is CN1CCC(CN(C)S(=O)(=O)c2ccc(N)cc2F)CC1. The van der Waals surface area contributed by atoms with Gasteiger partial charge in [-0.3, -0.25) is 0 Å². The first kappa shape index (κ1) is 16.2. The van der Waals surface area contributed by atoms with Crippen molar-refractivity contribution in [2.24, 2.45) is 5.92 Å². The van der Waals surface area contributed by atoms with E-state index in [9.17, 15) is 12.8 Å². The van der Waals surface area contributed by atoms with E-state index >= 15 is 0 Å². The number of benzene rings is 1. The number of piperidine rings is 1. The van der Waals surface area contributed by atoms with Crippen molar-refractivity contribution in [2.45, 2.75) is 17.7 Å². The predicted octanol–water partition coefficient (Wildman–Crippen LogP) is 1.37. The van der Waals surface area contributed by atoms with Crippen LogP contribution in [-0.2, 0) is 10.0 Å². The van der Waals surface area contributed by atoms with Crippen LogP contribution in [0.3, 0.4) is 0 Å². The molecule has 0 saturated carbocycles. The molecule has 0 amide bonds. The quantitative estimate of drug-likeness (QED) is 0.852. The molecule has 0 radical (unpaired) electrons. The minimum Gasteiger partial charge on any atom is -0.399 e. The minimum absolute atomic E-state index is 0.212. The van der Waals surface area contributed by atoms with Gasteiger partial charge in [0, 0.05) is 19.3 Å². The van der Waals surface area contributed by atoms with Crippen LogP contribution in [0.1, 0.15) is 12.8 Å². The molecule has 5 nitrogen and oxygen atoms in total. The summed E-state index contributed by atoms with van der Waals surface area (Å²) in [5.74, 6) is -0.483. The number of halogens is 1. The third-order valence-electron chi connectivity index (χ3n) is 4.00. The molecule has 1 saturated heterocycles. The zero-order chi connectivity index (χ0) is 15.6. The molecule has 0 unspecified atom stereocenters. The highest BCUT2D eigenvalue weighted by Crippen LogP contribution is 2.23. The van der Waals surface area contributed by atoms with Gasteiger partial charge in [0.25, 0.3) is 0 Å². The van der Waals surface area contributed by atoms with Crippen molar-refractivity contribution in [3.05, 3.63) is 24.0 Å². The summed E-state index contributed by atoms with van der Waals surface area (Å²) < 4.78 is 40.0. The largest absolute Gasteiger partial charge is 0.399 e. The van der Waals surface area contributed by atoms with Crippen LogP contribution in [-0.4, -0.2) is 51.4 Å². The van der Waals surface area contributed by atoms with Crippen molar-refractivity contribution in [2.75, 3.05) is 39.5 Å². The highest BCUT2D eigenvalue weighted by molar-refractivity contribution is 7.89. The maximum absolute atomic E-state index is 13.8. The van der Waals surface area contributed by atoms with Crippen molar-refractivity contribution in [1.82, 2.24) is 9.21 Å². The summed E-state index contributed by atoms with van der Waals surface area (Å²) in [5.41, 5.74) is 5.67. The second kappa shape index (κ2) is 6.29. The maximum Gasteiger partial charge on any atom is 0.245 e. The van der Waals surface area contributed by atoms with Crippen LogP contribution in [0.15, 0.2) is 23.1 Å². The third kappa shape index (κ3) is 3.72. The standard InChI is InChI=1S/C14H22FN3O2S/c1-17-7-5-11(6-8-17)10-18(2)21(19,20)14-4-3-12(16)9-13(14)15/h3-4,9,11H,5-8,10,16H2,1-2H3. The van der Waals surface area contributed by atoms with Gasteiger partial charge in [-0.1, -0.05) is 0 Å². The lowest BCUT2D eigenvalue weighted by atomic mass is 9.97. The van der Waals surface area contributed by atoms with Crippen molar-refractivity contribution < 1.29 is 12.8 Å². The van der Waals surface area contributed by atoms with E-state index in [2.05, 4.69) is 11.9 Å². The maximum atomic E-state index is 13.8. The number of nitrogen functional groups attached to an aromatic ring is 1. The Morgan fingerprint density at radius 1 is 1.38 bits per heavy atom. The first-order chi connectivity index (χ1) is 9.80. The number of sulfonamides is 1. The van der Waals surface area contributed by atoms with Crippen molar-refractivity contribution in [1.29, 1.82) is 0 Å². The van der Waals surface area contributed by atoms with E-state index in [0.29, 0.717) is 12.5 Å². The first-order valence-electron chi connectivity index (χ1n) is 7.00. The smallest absolute Gasteiger partial charge is 0.245 e. The number of nitrogens with two attached hydrogens (primary N) is 1. The summed E-state index contributed by atoms with van der Waals surface area (Å²) in [6.07, 6.45) is 1.92.